The average molecular weight is 260 g/mol. The maximum atomic E-state index is 12.8. The van der Waals surface area contributed by atoms with Gasteiger partial charge >= 0.3 is 0 Å². The van der Waals surface area contributed by atoms with E-state index in [0.717, 1.165) is 28.5 Å². The molecule has 0 aromatic carbocycles. The maximum absolute atomic E-state index is 12.8. The van der Waals surface area contributed by atoms with Crippen LogP contribution in [0.4, 0.5) is 0 Å². The molecule has 0 amide bonds. The van der Waals surface area contributed by atoms with Gasteiger partial charge in [-0.15, -0.1) is 11.3 Å². The molecular formula is C16H20OS. The van der Waals surface area contributed by atoms with Crippen LogP contribution in [0, 0.1) is 36.5 Å². The van der Waals surface area contributed by atoms with Crippen LogP contribution in [0.5, 0.6) is 0 Å². The van der Waals surface area contributed by atoms with Crippen molar-refractivity contribution >= 4 is 17.1 Å². The molecule has 0 atom stereocenters. The fraction of sp³-hybridized carbons (Fsp3) is 0.688. The molecule has 5 rings (SSSR count). The Hall–Kier alpha value is -0.630. The van der Waals surface area contributed by atoms with Crippen molar-refractivity contribution in [2.45, 2.75) is 39.0 Å². The van der Waals surface area contributed by atoms with Crippen molar-refractivity contribution < 1.29 is 4.79 Å². The van der Waals surface area contributed by atoms with Gasteiger partial charge in [0.05, 0.1) is 4.88 Å². The van der Waals surface area contributed by atoms with Crippen molar-refractivity contribution in [3.63, 3.8) is 0 Å². The van der Waals surface area contributed by atoms with Gasteiger partial charge in [-0.1, -0.05) is 0 Å². The number of rotatable bonds is 2. The summed E-state index contributed by atoms with van der Waals surface area (Å²) in [4.78, 5) is 13.9. The second kappa shape index (κ2) is 3.93. The molecule has 4 bridgehead atoms. The Labute approximate surface area is 113 Å². The van der Waals surface area contributed by atoms with E-state index in [1.165, 1.54) is 37.7 Å². The molecular weight excluding hydrogens is 240 g/mol. The van der Waals surface area contributed by atoms with Gasteiger partial charge in [-0.3, -0.25) is 4.79 Å². The van der Waals surface area contributed by atoms with Crippen molar-refractivity contribution in [3.8, 4) is 0 Å². The molecule has 0 unspecified atom stereocenters. The van der Waals surface area contributed by atoms with Crippen molar-refractivity contribution in [2.24, 2.45) is 29.6 Å². The third kappa shape index (κ3) is 1.54. The number of aryl methyl sites for hydroxylation is 1. The van der Waals surface area contributed by atoms with E-state index < -0.39 is 0 Å². The summed E-state index contributed by atoms with van der Waals surface area (Å²) in [5.41, 5.74) is 1.19. The number of Topliss-reactive ketones (excluding diaryl/α,β-unsaturated/α-hetero) is 1. The molecule has 96 valence electrons. The van der Waals surface area contributed by atoms with Gasteiger partial charge in [0.15, 0.2) is 5.78 Å². The second-order valence-corrected chi connectivity index (χ2v) is 7.67. The minimum atomic E-state index is 0.371. The fourth-order valence-corrected chi connectivity index (χ4v) is 6.04. The Morgan fingerprint density at radius 1 is 1.11 bits per heavy atom. The molecule has 4 aliphatic rings. The summed E-state index contributed by atoms with van der Waals surface area (Å²) in [6, 6.07) is 2.09. The number of carbonyl (C=O) groups excluding carboxylic acids is 1. The summed E-state index contributed by atoms with van der Waals surface area (Å²) in [5, 5.41) is 2.07. The first-order valence-electron chi connectivity index (χ1n) is 7.30. The van der Waals surface area contributed by atoms with E-state index in [9.17, 15) is 4.79 Å². The van der Waals surface area contributed by atoms with E-state index in [0.29, 0.717) is 11.7 Å². The van der Waals surface area contributed by atoms with Crippen LogP contribution in [0.15, 0.2) is 11.4 Å². The quantitative estimate of drug-likeness (QED) is 0.724. The highest BCUT2D eigenvalue weighted by Crippen LogP contribution is 2.57. The Morgan fingerprint density at radius 3 is 2.22 bits per heavy atom. The molecule has 0 spiro atoms. The number of hydrogen-bond donors (Lipinski definition) is 0. The summed E-state index contributed by atoms with van der Waals surface area (Å²) in [7, 11) is 0. The van der Waals surface area contributed by atoms with Crippen LogP contribution in [0.1, 0.15) is 47.3 Å². The molecule has 4 aliphatic carbocycles. The van der Waals surface area contributed by atoms with E-state index in [4.69, 9.17) is 0 Å². The van der Waals surface area contributed by atoms with E-state index >= 15 is 0 Å². The normalized spacial score (nSPS) is 41.3. The third-order valence-electron chi connectivity index (χ3n) is 5.62. The molecule has 4 fully saturated rings. The summed E-state index contributed by atoms with van der Waals surface area (Å²) in [6.07, 6.45) is 6.83. The molecule has 0 aliphatic heterocycles. The van der Waals surface area contributed by atoms with Crippen LogP contribution in [-0.4, -0.2) is 5.78 Å². The van der Waals surface area contributed by atoms with E-state index in [1.807, 2.05) is 0 Å². The summed E-state index contributed by atoms with van der Waals surface area (Å²) in [5.74, 6) is 4.21. The van der Waals surface area contributed by atoms with Crippen LogP contribution in [0.2, 0.25) is 0 Å². The van der Waals surface area contributed by atoms with Crippen molar-refractivity contribution in [2.75, 3.05) is 0 Å². The average Bonchev–Trinajstić information content (AvgIpc) is 2.73. The Morgan fingerprint density at radius 2 is 1.72 bits per heavy atom. The highest BCUT2D eigenvalue weighted by atomic mass is 32.1. The Kier molecular flexibility index (Phi) is 2.45. The molecule has 1 aromatic heterocycles. The first-order chi connectivity index (χ1) is 8.72. The van der Waals surface area contributed by atoms with Crippen LogP contribution < -0.4 is 0 Å². The Balaban J connectivity index is 1.65. The minimum Gasteiger partial charge on any atom is -0.293 e. The van der Waals surface area contributed by atoms with Gasteiger partial charge < -0.3 is 0 Å². The van der Waals surface area contributed by atoms with Crippen molar-refractivity contribution in [1.82, 2.24) is 0 Å². The van der Waals surface area contributed by atoms with Gasteiger partial charge in [0, 0.05) is 5.92 Å². The molecule has 0 radical (unpaired) electrons. The predicted octanol–water partition coefficient (Wildman–Crippen LogP) is 4.31. The standard InChI is InChI=1S/C16H20OS/c1-9-2-3-18-16(9)15(17)14-12-5-10-4-11(7-12)8-13(14)6-10/h2-3,10-14H,4-8H2,1H3. The van der Waals surface area contributed by atoms with Crippen LogP contribution >= 0.6 is 11.3 Å². The number of thiophene rings is 1. The van der Waals surface area contributed by atoms with Crippen LogP contribution in [0.25, 0.3) is 0 Å². The smallest absolute Gasteiger partial charge is 0.176 e. The first kappa shape index (κ1) is 11.2. The highest BCUT2D eigenvalue weighted by molar-refractivity contribution is 7.12. The third-order valence-corrected chi connectivity index (χ3v) is 6.65. The van der Waals surface area contributed by atoms with Crippen LogP contribution in [-0.2, 0) is 0 Å². The maximum Gasteiger partial charge on any atom is 0.176 e. The van der Waals surface area contributed by atoms with E-state index in [1.54, 1.807) is 11.3 Å². The summed E-state index contributed by atoms with van der Waals surface area (Å²) in [6.45, 7) is 2.08. The van der Waals surface area contributed by atoms with Crippen molar-refractivity contribution in [1.29, 1.82) is 0 Å². The molecule has 0 N–H and O–H groups in total. The molecule has 1 heterocycles. The van der Waals surface area contributed by atoms with E-state index in [2.05, 4.69) is 18.4 Å². The van der Waals surface area contributed by atoms with E-state index in [-0.39, 0.29) is 0 Å². The molecule has 18 heavy (non-hydrogen) atoms. The zero-order valence-corrected chi connectivity index (χ0v) is 11.7. The molecule has 1 nitrogen and oxygen atoms in total. The molecule has 4 saturated carbocycles. The second-order valence-electron chi connectivity index (χ2n) is 6.75. The predicted molar refractivity (Wildman–Crippen MR) is 73.9 cm³/mol. The van der Waals surface area contributed by atoms with Gasteiger partial charge in [0.25, 0.3) is 0 Å². The number of carbonyl (C=O) groups is 1. The van der Waals surface area contributed by atoms with Gasteiger partial charge in [-0.05, 0) is 79.7 Å². The summed E-state index contributed by atoms with van der Waals surface area (Å²) < 4.78 is 0. The molecule has 2 heteroatoms. The SMILES string of the molecule is Cc1ccsc1C(=O)C1C2CC3CC(C2)CC1C3. The Bertz CT molecular complexity index is 459. The minimum absolute atomic E-state index is 0.371. The number of hydrogen-bond acceptors (Lipinski definition) is 2. The van der Waals surface area contributed by atoms with Crippen LogP contribution in [0.3, 0.4) is 0 Å². The topological polar surface area (TPSA) is 17.1 Å². The van der Waals surface area contributed by atoms with Gasteiger partial charge in [0.1, 0.15) is 0 Å². The van der Waals surface area contributed by atoms with Gasteiger partial charge in [-0.25, -0.2) is 0 Å². The zero-order valence-electron chi connectivity index (χ0n) is 10.9. The summed E-state index contributed by atoms with van der Waals surface area (Å²) >= 11 is 1.65. The largest absolute Gasteiger partial charge is 0.293 e. The highest BCUT2D eigenvalue weighted by Gasteiger charge is 2.50. The fourth-order valence-electron chi connectivity index (χ4n) is 5.13. The first-order valence-corrected chi connectivity index (χ1v) is 8.18. The van der Waals surface area contributed by atoms with Gasteiger partial charge in [0.2, 0.25) is 0 Å². The lowest BCUT2D eigenvalue weighted by Gasteiger charge is -2.53. The molecule has 0 saturated heterocycles. The van der Waals surface area contributed by atoms with Gasteiger partial charge in [-0.2, -0.15) is 0 Å². The monoisotopic (exact) mass is 260 g/mol. The van der Waals surface area contributed by atoms with Crippen molar-refractivity contribution in [3.05, 3.63) is 21.9 Å². The number of ketones is 1. The lowest BCUT2D eigenvalue weighted by molar-refractivity contribution is -0.0249. The molecule has 1 aromatic rings. The zero-order chi connectivity index (χ0) is 12.3. The lowest BCUT2D eigenvalue weighted by atomic mass is 9.51. The lowest BCUT2D eigenvalue weighted by Crippen LogP contribution is -2.47.